The highest BCUT2D eigenvalue weighted by atomic mass is 35.5. The molecule has 3 rings (SSSR count). The third-order valence-electron chi connectivity index (χ3n) is 2.82. The number of anilines is 1. The van der Waals surface area contributed by atoms with Crippen molar-refractivity contribution < 1.29 is 8.42 Å². The monoisotopic (exact) mass is 326 g/mol. The van der Waals surface area contributed by atoms with Crippen LogP contribution in [0.3, 0.4) is 0 Å². The maximum absolute atomic E-state index is 12.1. The SMILES string of the molecule is O=S1(=O)N=C(c2ccc(Cl)cc2Cl)Nc2ccccc21. The minimum absolute atomic E-state index is 0.147. The average Bonchev–Trinajstić information content (AvgIpc) is 2.38. The molecular formula is C13H8Cl2N2O2S. The van der Waals surface area contributed by atoms with Gasteiger partial charge in [-0.05, 0) is 30.3 Å². The molecule has 1 heterocycles. The molecule has 1 aliphatic rings. The van der Waals surface area contributed by atoms with Gasteiger partial charge in [0, 0.05) is 10.6 Å². The number of amidine groups is 1. The second kappa shape index (κ2) is 4.77. The molecule has 1 N–H and O–H groups in total. The van der Waals surface area contributed by atoms with Gasteiger partial charge in [0.15, 0.2) is 5.84 Å². The topological polar surface area (TPSA) is 58.5 Å². The summed E-state index contributed by atoms with van der Waals surface area (Å²) in [5.41, 5.74) is 0.956. The van der Waals surface area contributed by atoms with Crippen LogP contribution in [-0.2, 0) is 10.0 Å². The van der Waals surface area contributed by atoms with Crippen molar-refractivity contribution in [2.24, 2.45) is 4.40 Å². The predicted molar refractivity (Wildman–Crippen MR) is 80.2 cm³/mol. The first-order valence-electron chi connectivity index (χ1n) is 5.64. The highest BCUT2D eigenvalue weighted by Gasteiger charge is 2.25. The quantitative estimate of drug-likeness (QED) is 0.871. The van der Waals surface area contributed by atoms with E-state index in [4.69, 9.17) is 23.2 Å². The maximum atomic E-state index is 12.1. The summed E-state index contributed by atoms with van der Waals surface area (Å²) in [6.45, 7) is 0. The zero-order chi connectivity index (χ0) is 14.3. The molecule has 0 amide bonds. The van der Waals surface area contributed by atoms with Crippen molar-refractivity contribution in [1.82, 2.24) is 0 Å². The maximum Gasteiger partial charge on any atom is 0.286 e. The Morgan fingerprint density at radius 1 is 1.05 bits per heavy atom. The number of fused-ring (bicyclic) bond motifs is 1. The fraction of sp³-hybridized carbons (Fsp3) is 0. The second-order valence-electron chi connectivity index (χ2n) is 4.16. The van der Waals surface area contributed by atoms with E-state index >= 15 is 0 Å². The molecule has 102 valence electrons. The standard InChI is InChI=1S/C13H8Cl2N2O2S/c14-8-5-6-9(10(15)7-8)13-16-11-3-1-2-4-12(11)20(18,19)17-13/h1-7H,(H,16,17). The molecule has 0 saturated heterocycles. The van der Waals surface area contributed by atoms with E-state index in [0.29, 0.717) is 21.3 Å². The Labute approximate surface area is 126 Å². The van der Waals surface area contributed by atoms with Crippen LogP contribution < -0.4 is 5.32 Å². The zero-order valence-corrected chi connectivity index (χ0v) is 12.3. The molecule has 2 aromatic rings. The molecule has 0 fully saturated rings. The van der Waals surface area contributed by atoms with Crippen LogP contribution in [0.4, 0.5) is 5.69 Å². The molecule has 7 heteroatoms. The van der Waals surface area contributed by atoms with E-state index in [1.54, 1.807) is 30.3 Å². The van der Waals surface area contributed by atoms with Gasteiger partial charge in [0.1, 0.15) is 4.90 Å². The molecule has 0 unspecified atom stereocenters. The summed E-state index contributed by atoms with van der Waals surface area (Å²) in [4.78, 5) is 0.147. The van der Waals surface area contributed by atoms with Crippen molar-refractivity contribution in [3.8, 4) is 0 Å². The van der Waals surface area contributed by atoms with Crippen LogP contribution in [0.5, 0.6) is 0 Å². The van der Waals surface area contributed by atoms with Crippen molar-refractivity contribution in [2.75, 3.05) is 5.32 Å². The molecule has 2 aromatic carbocycles. The number of nitrogens with zero attached hydrogens (tertiary/aromatic N) is 1. The predicted octanol–water partition coefficient (Wildman–Crippen LogP) is 3.55. The van der Waals surface area contributed by atoms with E-state index in [1.807, 2.05) is 0 Å². The van der Waals surface area contributed by atoms with Gasteiger partial charge < -0.3 is 5.32 Å². The van der Waals surface area contributed by atoms with Gasteiger partial charge in [0.2, 0.25) is 0 Å². The molecule has 0 atom stereocenters. The Balaban J connectivity index is 2.17. The average molecular weight is 327 g/mol. The minimum Gasteiger partial charge on any atom is -0.338 e. The lowest BCUT2D eigenvalue weighted by Gasteiger charge is -2.18. The van der Waals surface area contributed by atoms with E-state index in [1.165, 1.54) is 12.1 Å². The van der Waals surface area contributed by atoms with E-state index in [9.17, 15) is 8.42 Å². The fourth-order valence-corrected chi connectivity index (χ4v) is 3.54. The fourth-order valence-electron chi connectivity index (χ4n) is 1.91. The van der Waals surface area contributed by atoms with Crippen LogP contribution >= 0.6 is 23.2 Å². The number of sulfonamides is 1. The molecule has 0 bridgehead atoms. The van der Waals surface area contributed by atoms with Gasteiger partial charge in [-0.1, -0.05) is 35.3 Å². The van der Waals surface area contributed by atoms with Crippen molar-refractivity contribution in [3.63, 3.8) is 0 Å². The molecule has 0 spiro atoms. The lowest BCUT2D eigenvalue weighted by molar-refractivity contribution is 0.598. The molecule has 0 aliphatic carbocycles. The summed E-state index contributed by atoms with van der Waals surface area (Å²) in [7, 11) is -3.73. The van der Waals surface area contributed by atoms with Gasteiger partial charge in [0.25, 0.3) is 10.0 Å². The van der Waals surface area contributed by atoms with Gasteiger partial charge >= 0.3 is 0 Å². The Kier molecular flexibility index (Phi) is 3.20. The molecule has 20 heavy (non-hydrogen) atoms. The Morgan fingerprint density at radius 2 is 1.80 bits per heavy atom. The van der Waals surface area contributed by atoms with E-state index in [0.717, 1.165) is 0 Å². The Bertz CT molecular complexity index is 832. The Hall–Kier alpha value is -1.56. The largest absolute Gasteiger partial charge is 0.338 e. The molecule has 1 aliphatic heterocycles. The lowest BCUT2D eigenvalue weighted by atomic mass is 10.2. The van der Waals surface area contributed by atoms with E-state index in [2.05, 4.69) is 9.71 Å². The number of nitrogens with one attached hydrogen (secondary N) is 1. The number of rotatable bonds is 1. The van der Waals surface area contributed by atoms with Crippen LogP contribution in [0.25, 0.3) is 0 Å². The van der Waals surface area contributed by atoms with Crippen LogP contribution in [-0.4, -0.2) is 14.3 Å². The lowest BCUT2D eigenvalue weighted by Crippen LogP contribution is -2.22. The molecule has 0 saturated carbocycles. The van der Waals surface area contributed by atoms with Crippen molar-refractivity contribution in [2.45, 2.75) is 4.90 Å². The molecule has 4 nitrogen and oxygen atoms in total. The van der Waals surface area contributed by atoms with Gasteiger partial charge in [-0.2, -0.15) is 8.42 Å². The summed E-state index contributed by atoms with van der Waals surface area (Å²) in [6, 6.07) is 11.4. The van der Waals surface area contributed by atoms with Crippen molar-refractivity contribution in [3.05, 3.63) is 58.1 Å². The number of hydrogen-bond acceptors (Lipinski definition) is 3. The first-order chi connectivity index (χ1) is 9.47. The number of benzene rings is 2. The number of para-hydroxylation sites is 1. The van der Waals surface area contributed by atoms with Gasteiger partial charge in [-0.15, -0.1) is 4.40 Å². The first-order valence-corrected chi connectivity index (χ1v) is 7.83. The van der Waals surface area contributed by atoms with Crippen LogP contribution in [0, 0.1) is 0 Å². The summed E-state index contributed by atoms with van der Waals surface area (Å²) in [5.74, 6) is 0.186. The molecule has 0 radical (unpaired) electrons. The smallest absolute Gasteiger partial charge is 0.286 e. The second-order valence-corrected chi connectivity index (χ2v) is 6.58. The van der Waals surface area contributed by atoms with Gasteiger partial charge in [0.05, 0.1) is 10.7 Å². The van der Waals surface area contributed by atoms with Crippen LogP contribution in [0.2, 0.25) is 10.0 Å². The number of hydrogen-bond donors (Lipinski definition) is 1. The van der Waals surface area contributed by atoms with Gasteiger partial charge in [-0.25, -0.2) is 0 Å². The van der Waals surface area contributed by atoms with Crippen molar-refractivity contribution in [1.29, 1.82) is 0 Å². The first kappa shape index (κ1) is 13.4. The van der Waals surface area contributed by atoms with Crippen LogP contribution in [0.1, 0.15) is 5.56 Å². The minimum atomic E-state index is -3.73. The van der Waals surface area contributed by atoms with Crippen molar-refractivity contribution >= 4 is 44.7 Å². The molecular weight excluding hydrogens is 319 g/mol. The summed E-state index contributed by atoms with van der Waals surface area (Å²) < 4.78 is 28.0. The van der Waals surface area contributed by atoms with Crippen LogP contribution in [0.15, 0.2) is 51.8 Å². The van der Waals surface area contributed by atoms with Gasteiger partial charge in [-0.3, -0.25) is 0 Å². The summed E-state index contributed by atoms with van der Waals surface area (Å²) in [6.07, 6.45) is 0. The molecule has 0 aromatic heterocycles. The summed E-state index contributed by atoms with van der Waals surface area (Å²) >= 11 is 11.9. The Morgan fingerprint density at radius 3 is 2.55 bits per heavy atom. The van der Waals surface area contributed by atoms with E-state index in [-0.39, 0.29) is 10.7 Å². The zero-order valence-electron chi connectivity index (χ0n) is 9.97. The highest BCUT2D eigenvalue weighted by molar-refractivity contribution is 7.90. The van der Waals surface area contributed by atoms with E-state index < -0.39 is 10.0 Å². The highest BCUT2D eigenvalue weighted by Crippen LogP contribution is 2.30. The third kappa shape index (κ3) is 2.28. The summed E-state index contributed by atoms with van der Waals surface area (Å²) in [5, 5.41) is 3.78. The normalized spacial score (nSPS) is 16.0. The third-order valence-corrected chi connectivity index (χ3v) is 4.70. The number of halogens is 2.